The number of likely N-dealkylation sites (N-methyl/N-ethyl adjacent to an activating group) is 1. The van der Waals surface area contributed by atoms with Gasteiger partial charge in [0.2, 0.25) is 5.91 Å². The van der Waals surface area contributed by atoms with Gasteiger partial charge in [-0.2, -0.15) is 0 Å². The summed E-state index contributed by atoms with van der Waals surface area (Å²) in [4.78, 5) is 16.0. The zero-order valence-corrected chi connectivity index (χ0v) is 11.1. The highest BCUT2D eigenvalue weighted by Crippen LogP contribution is 2.16. The predicted molar refractivity (Wildman–Crippen MR) is 70.9 cm³/mol. The molecule has 0 saturated carbocycles. The van der Waals surface area contributed by atoms with Crippen LogP contribution in [0.2, 0.25) is 0 Å². The Morgan fingerprint density at radius 2 is 2.18 bits per heavy atom. The molecule has 0 aromatic carbocycles. The number of piperidine rings is 1. The van der Waals surface area contributed by atoms with Gasteiger partial charge in [-0.05, 0) is 38.9 Å². The Morgan fingerprint density at radius 3 is 2.76 bits per heavy atom. The van der Waals surface area contributed by atoms with Crippen molar-refractivity contribution < 1.29 is 4.79 Å². The van der Waals surface area contributed by atoms with Crippen molar-refractivity contribution in [3.8, 4) is 0 Å². The summed E-state index contributed by atoms with van der Waals surface area (Å²) in [6.07, 6.45) is 4.17. The minimum atomic E-state index is 0.172. The van der Waals surface area contributed by atoms with Gasteiger partial charge in [0.15, 0.2) is 0 Å². The van der Waals surface area contributed by atoms with E-state index >= 15 is 0 Å². The van der Waals surface area contributed by atoms with Crippen LogP contribution < -0.4 is 5.32 Å². The lowest BCUT2D eigenvalue weighted by Gasteiger charge is -2.31. The molecule has 1 fully saturated rings. The monoisotopic (exact) mass is 239 g/mol. The first-order valence-electron chi connectivity index (χ1n) is 6.37. The summed E-state index contributed by atoms with van der Waals surface area (Å²) >= 11 is 0. The van der Waals surface area contributed by atoms with E-state index in [9.17, 15) is 4.79 Å². The molecule has 0 aromatic heterocycles. The number of carbonyl (C=O) groups excluding carboxylic acids is 1. The molecule has 0 aliphatic carbocycles. The molecule has 1 aliphatic rings. The molecule has 0 aromatic rings. The SMILES string of the molecule is C=CCNCC(=O)N(C)CC1CCN(C)CC1. The first kappa shape index (κ1) is 14.2. The molecular formula is C13H25N3O. The largest absolute Gasteiger partial charge is 0.344 e. The maximum absolute atomic E-state index is 11.8. The van der Waals surface area contributed by atoms with Crippen molar-refractivity contribution in [1.82, 2.24) is 15.1 Å². The zero-order valence-electron chi connectivity index (χ0n) is 11.1. The van der Waals surface area contributed by atoms with Gasteiger partial charge in [0.05, 0.1) is 6.54 Å². The van der Waals surface area contributed by atoms with E-state index in [1.807, 2.05) is 11.9 Å². The van der Waals surface area contributed by atoms with E-state index in [4.69, 9.17) is 0 Å². The maximum atomic E-state index is 11.8. The van der Waals surface area contributed by atoms with Crippen molar-refractivity contribution >= 4 is 5.91 Å². The van der Waals surface area contributed by atoms with E-state index in [-0.39, 0.29) is 5.91 Å². The van der Waals surface area contributed by atoms with Crippen LogP contribution in [0.15, 0.2) is 12.7 Å². The summed E-state index contributed by atoms with van der Waals surface area (Å²) in [5.41, 5.74) is 0. The van der Waals surface area contributed by atoms with Crippen LogP contribution in [-0.2, 0) is 4.79 Å². The number of amides is 1. The number of nitrogens with zero attached hydrogens (tertiary/aromatic N) is 2. The Kier molecular flexibility index (Phi) is 6.22. The second-order valence-corrected chi connectivity index (χ2v) is 4.94. The molecule has 17 heavy (non-hydrogen) atoms. The molecule has 0 bridgehead atoms. The van der Waals surface area contributed by atoms with Crippen LogP contribution in [-0.4, -0.2) is 62.5 Å². The Hall–Kier alpha value is -0.870. The van der Waals surface area contributed by atoms with Crippen molar-refractivity contribution in [1.29, 1.82) is 0 Å². The lowest BCUT2D eigenvalue weighted by Crippen LogP contribution is -2.41. The highest BCUT2D eigenvalue weighted by atomic mass is 16.2. The van der Waals surface area contributed by atoms with Crippen LogP contribution >= 0.6 is 0 Å². The van der Waals surface area contributed by atoms with Crippen LogP contribution in [0.3, 0.4) is 0 Å². The molecule has 0 atom stereocenters. The topological polar surface area (TPSA) is 35.6 Å². The summed E-state index contributed by atoms with van der Waals surface area (Å²) in [6, 6.07) is 0. The quantitative estimate of drug-likeness (QED) is 0.543. The van der Waals surface area contributed by atoms with Gasteiger partial charge in [0, 0.05) is 20.1 Å². The van der Waals surface area contributed by atoms with Crippen molar-refractivity contribution in [3.05, 3.63) is 12.7 Å². The van der Waals surface area contributed by atoms with Crippen LogP contribution in [0.1, 0.15) is 12.8 Å². The Morgan fingerprint density at radius 1 is 1.53 bits per heavy atom. The standard InChI is InChI=1S/C13H25N3O/c1-4-7-14-10-13(17)16(3)11-12-5-8-15(2)9-6-12/h4,12,14H,1,5-11H2,2-3H3. The number of carbonyl (C=O) groups is 1. The minimum absolute atomic E-state index is 0.172. The highest BCUT2D eigenvalue weighted by molar-refractivity contribution is 5.77. The summed E-state index contributed by atoms with van der Waals surface area (Å²) in [5.74, 6) is 0.838. The third kappa shape index (κ3) is 5.33. The van der Waals surface area contributed by atoms with Gasteiger partial charge < -0.3 is 15.1 Å². The van der Waals surface area contributed by atoms with E-state index in [1.54, 1.807) is 6.08 Å². The number of nitrogens with one attached hydrogen (secondary N) is 1. The molecule has 0 unspecified atom stereocenters. The average Bonchev–Trinajstić information content (AvgIpc) is 2.32. The minimum Gasteiger partial charge on any atom is -0.344 e. The lowest BCUT2D eigenvalue weighted by molar-refractivity contribution is -0.129. The van der Waals surface area contributed by atoms with Gasteiger partial charge in [0.25, 0.3) is 0 Å². The van der Waals surface area contributed by atoms with Gasteiger partial charge >= 0.3 is 0 Å². The van der Waals surface area contributed by atoms with Crippen molar-refractivity contribution in [3.63, 3.8) is 0 Å². The van der Waals surface area contributed by atoms with Gasteiger partial charge in [-0.15, -0.1) is 6.58 Å². The van der Waals surface area contributed by atoms with E-state index in [2.05, 4.69) is 23.8 Å². The summed E-state index contributed by atoms with van der Waals surface area (Å²) in [7, 11) is 4.06. The summed E-state index contributed by atoms with van der Waals surface area (Å²) < 4.78 is 0. The number of rotatable bonds is 6. The lowest BCUT2D eigenvalue weighted by atomic mass is 9.97. The second kappa shape index (κ2) is 7.45. The molecule has 0 radical (unpaired) electrons. The van der Waals surface area contributed by atoms with Gasteiger partial charge in [-0.1, -0.05) is 6.08 Å². The van der Waals surface area contributed by atoms with Crippen molar-refractivity contribution in [2.24, 2.45) is 5.92 Å². The molecule has 1 saturated heterocycles. The van der Waals surface area contributed by atoms with Gasteiger partial charge in [0.1, 0.15) is 0 Å². The molecule has 1 amide bonds. The number of likely N-dealkylation sites (tertiary alicyclic amines) is 1. The van der Waals surface area contributed by atoms with Crippen LogP contribution in [0.25, 0.3) is 0 Å². The fourth-order valence-electron chi connectivity index (χ4n) is 2.15. The first-order valence-corrected chi connectivity index (χ1v) is 6.37. The molecule has 1 aliphatic heterocycles. The smallest absolute Gasteiger partial charge is 0.236 e. The second-order valence-electron chi connectivity index (χ2n) is 4.94. The molecule has 1 N–H and O–H groups in total. The van der Waals surface area contributed by atoms with Crippen molar-refractivity contribution in [2.45, 2.75) is 12.8 Å². The Bertz CT molecular complexity index is 247. The molecule has 1 heterocycles. The molecule has 1 rings (SSSR count). The Balaban J connectivity index is 2.21. The van der Waals surface area contributed by atoms with Crippen molar-refractivity contribution in [2.75, 3.05) is 46.8 Å². The zero-order chi connectivity index (χ0) is 12.7. The predicted octanol–water partition coefficient (Wildman–Crippen LogP) is 0.562. The first-order chi connectivity index (χ1) is 8.13. The normalized spacial score (nSPS) is 18.0. The molecule has 0 spiro atoms. The van der Waals surface area contributed by atoms with E-state index in [0.717, 1.165) is 19.6 Å². The molecule has 98 valence electrons. The van der Waals surface area contributed by atoms with E-state index in [1.165, 1.54) is 12.8 Å². The van der Waals surface area contributed by atoms with E-state index < -0.39 is 0 Å². The third-order valence-corrected chi connectivity index (χ3v) is 3.36. The highest BCUT2D eigenvalue weighted by Gasteiger charge is 2.19. The summed E-state index contributed by atoms with van der Waals surface area (Å²) in [6.45, 7) is 7.91. The summed E-state index contributed by atoms with van der Waals surface area (Å²) in [5, 5.41) is 3.04. The van der Waals surface area contributed by atoms with Crippen LogP contribution in [0.5, 0.6) is 0 Å². The fourth-order valence-corrected chi connectivity index (χ4v) is 2.15. The van der Waals surface area contributed by atoms with E-state index in [0.29, 0.717) is 19.0 Å². The van der Waals surface area contributed by atoms with Gasteiger partial charge in [-0.3, -0.25) is 4.79 Å². The molecule has 4 heteroatoms. The van der Waals surface area contributed by atoms with Gasteiger partial charge in [-0.25, -0.2) is 0 Å². The third-order valence-electron chi connectivity index (χ3n) is 3.36. The Labute approximate surface area is 105 Å². The molecule has 4 nitrogen and oxygen atoms in total. The van der Waals surface area contributed by atoms with Crippen LogP contribution in [0, 0.1) is 5.92 Å². The number of hydrogen-bond donors (Lipinski definition) is 1. The average molecular weight is 239 g/mol. The number of hydrogen-bond acceptors (Lipinski definition) is 3. The maximum Gasteiger partial charge on any atom is 0.236 e. The van der Waals surface area contributed by atoms with Crippen LogP contribution in [0.4, 0.5) is 0 Å². The fraction of sp³-hybridized carbons (Fsp3) is 0.769. The molecular weight excluding hydrogens is 214 g/mol.